The minimum atomic E-state index is -0.323. The fourth-order valence-electron chi connectivity index (χ4n) is 1.77. The average Bonchev–Trinajstić information content (AvgIpc) is 3.00. The topological polar surface area (TPSA) is 115 Å². The number of nitrogens with zero attached hydrogens (tertiary/aromatic N) is 3. The first-order valence-corrected chi connectivity index (χ1v) is 7.29. The molecule has 8 heteroatoms. The molecule has 122 valence electrons. The average molecular weight is 316 g/mol. The molecule has 0 aliphatic carbocycles. The highest BCUT2D eigenvalue weighted by Crippen LogP contribution is 2.01. The van der Waals surface area contributed by atoms with Crippen molar-refractivity contribution in [2.45, 2.75) is 20.0 Å². The third kappa shape index (κ3) is 5.19. The summed E-state index contributed by atoms with van der Waals surface area (Å²) < 4.78 is 1.36. The minimum absolute atomic E-state index is 0.0299. The van der Waals surface area contributed by atoms with Gasteiger partial charge in [0.05, 0.1) is 0 Å². The van der Waals surface area contributed by atoms with Gasteiger partial charge < -0.3 is 11.1 Å². The van der Waals surface area contributed by atoms with E-state index in [-0.39, 0.29) is 36.8 Å². The highest BCUT2D eigenvalue weighted by molar-refractivity contribution is 5.90. The molecule has 0 bridgehead atoms. The van der Waals surface area contributed by atoms with Gasteiger partial charge in [0.2, 0.25) is 17.8 Å². The smallest absolute Gasteiger partial charge is 0.248 e. The monoisotopic (exact) mass is 316 g/mol. The second kappa shape index (κ2) is 8.04. The SMILES string of the molecule is CC(CN)C(=O)Nc1ncn(CC(=O)NCc2ccccc2)n1. The predicted octanol–water partition coefficient (Wildman–Crippen LogP) is 0.128. The maximum Gasteiger partial charge on any atom is 0.248 e. The standard InChI is InChI=1S/C15H20N6O2/c1-11(7-16)14(23)19-15-18-10-21(20-15)9-13(22)17-8-12-5-3-2-4-6-12/h2-6,10-11H,7-9,16H2,1H3,(H,17,22)(H,19,20,23). The summed E-state index contributed by atoms with van der Waals surface area (Å²) in [7, 11) is 0. The summed E-state index contributed by atoms with van der Waals surface area (Å²) in [6.07, 6.45) is 1.39. The summed E-state index contributed by atoms with van der Waals surface area (Å²) in [5.41, 5.74) is 6.44. The molecular weight excluding hydrogens is 296 g/mol. The van der Waals surface area contributed by atoms with Crippen molar-refractivity contribution in [3.63, 3.8) is 0 Å². The van der Waals surface area contributed by atoms with Gasteiger partial charge in [-0.1, -0.05) is 37.3 Å². The Balaban J connectivity index is 1.81. The van der Waals surface area contributed by atoms with E-state index in [9.17, 15) is 9.59 Å². The van der Waals surface area contributed by atoms with E-state index in [1.807, 2.05) is 30.3 Å². The Morgan fingerprint density at radius 3 is 2.74 bits per heavy atom. The Kier molecular flexibility index (Phi) is 5.81. The molecule has 1 unspecified atom stereocenters. The number of nitrogens with two attached hydrogens (primary N) is 1. The number of rotatable bonds is 7. The lowest BCUT2D eigenvalue weighted by Crippen LogP contribution is -2.28. The van der Waals surface area contributed by atoms with Crippen molar-refractivity contribution in [3.8, 4) is 0 Å². The number of carbonyl (C=O) groups is 2. The Bertz CT molecular complexity index is 655. The molecule has 1 aromatic heterocycles. The molecule has 0 aliphatic rings. The lowest BCUT2D eigenvalue weighted by molar-refractivity contribution is -0.122. The number of amides is 2. The van der Waals surface area contributed by atoms with Gasteiger partial charge in [0.25, 0.3) is 0 Å². The largest absolute Gasteiger partial charge is 0.350 e. The zero-order valence-electron chi connectivity index (χ0n) is 12.9. The normalized spacial score (nSPS) is 11.7. The molecule has 23 heavy (non-hydrogen) atoms. The molecule has 0 radical (unpaired) electrons. The highest BCUT2D eigenvalue weighted by atomic mass is 16.2. The first-order chi connectivity index (χ1) is 11.1. The first kappa shape index (κ1) is 16.6. The number of hydrogen-bond donors (Lipinski definition) is 3. The quantitative estimate of drug-likeness (QED) is 0.671. The Morgan fingerprint density at radius 2 is 2.04 bits per heavy atom. The van der Waals surface area contributed by atoms with Gasteiger partial charge in [0.15, 0.2) is 0 Å². The van der Waals surface area contributed by atoms with Crippen LogP contribution in [0.1, 0.15) is 12.5 Å². The van der Waals surface area contributed by atoms with E-state index in [0.717, 1.165) is 5.56 Å². The third-order valence-electron chi connectivity index (χ3n) is 3.21. The Labute approximate surface area is 134 Å². The number of carbonyl (C=O) groups excluding carboxylic acids is 2. The molecule has 0 saturated heterocycles. The summed E-state index contributed by atoms with van der Waals surface area (Å²) in [5, 5.41) is 9.38. The molecule has 0 aliphatic heterocycles. The molecule has 1 aromatic carbocycles. The molecule has 0 fully saturated rings. The minimum Gasteiger partial charge on any atom is -0.350 e. The van der Waals surface area contributed by atoms with Crippen LogP contribution in [0.3, 0.4) is 0 Å². The van der Waals surface area contributed by atoms with Crippen LogP contribution in [0.2, 0.25) is 0 Å². The van der Waals surface area contributed by atoms with Crippen molar-refractivity contribution in [2.24, 2.45) is 11.7 Å². The summed E-state index contributed by atoms with van der Waals surface area (Å²) in [6.45, 7) is 2.44. The molecule has 8 nitrogen and oxygen atoms in total. The van der Waals surface area contributed by atoms with Crippen LogP contribution in [0.15, 0.2) is 36.7 Å². The lowest BCUT2D eigenvalue weighted by Gasteiger charge is -2.06. The van der Waals surface area contributed by atoms with Crippen molar-refractivity contribution in [1.29, 1.82) is 0 Å². The number of nitrogens with one attached hydrogen (secondary N) is 2. The maximum absolute atomic E-state index is 11.9. The molecule has 4 N–H and O–H groups in total. The summed E-state index contributed by atoms with van der Waals surface area (Å²) in [6, 6.07) is 9.61. The van der Waals surface area contributed by atoms with E-state index < -0.39 is 0 Å². The fourth-order valence-corrected chi connectivity index (χ4v) is 1.77. The number of benzene rings is 1. The number of anilines is 1. The first-order valence-electron chi connectivity index (χ1n) is 7.29. The molecule has 2 amide bonds. The van der Waals surface area contributed by atoms with Gasteiger partial charge in [0, 0.05) is 19.0 Å². The van der Waals surface area contributed by atoms with E-state index in [0.29, 0.717) is 6.54 Å². The van der Waals surface area contributed by atoms with E-state index in [1.54, 1.807) is 6.92 Å². The predicted molar refractivity (Wildman–Crippen MR) is 85.2 cm³/mol. The van der Waals surface area contributed by atoms with Gasteiger partial charge >= 0.3 is 0 Å². The van der Waals surface area contributed by atoms with E-state index >= 15 is 0 Å². The lowest BCUT2D eigenvalue weighted by atomic mass is 10.2. The second-order valence-electron chi connectivity index (χ2n) is 5.15. The Hall–Kier alpha value is -2.74. The third-order valence-corrected chi connectivity index (χ3v) is 3.21. The van der Waals surface area contributed by atoms with Crippen LogP contribution in [-0.2, 0) is 22.7 Å². The van der Waals surface area contributed by atoms with Crippen LogP contribution < -0.4 is 16.4 Å². The van der Waals surface area contributed by atoms with Gasteiger partial charge in [-0.3, -0.25) is 14.9 Å². The zero-order valence-corrected chi connectivity index (χ0v) is 12.9. The van der Waals surface area contributed by atoms with Crippen LogP contribution in [-0.4, -0.2) is 33.1 Å². The molecule has 0 spiro atoms. The van der Waals surface area contributed by atoms with Gasteiger partial charge in [0.1, 0.15) is 12.9 Å². The van der Waals surface area contributed by atoms with Gasteiger partial charge in [-0.25, -0.2) is 9.67 Å². The van der Waals surface area contributed by atoms with Crippen LogP contribution in [0.25, 0.3) is 0 Å². The molecule has 1 atom stereocenters. The summed E-state index contributed by atoms with van der Waals surface area (Å²) in [5.74, 6) is -0.604. The van der Waals surface area contributed by atoms with Gasteiger partial charge in [-0.05, 0) is 5.56 Å². The second-order valence-corrected chi connectivity index (χ2v) is 5.15. The molecule has 0 saturated carbocycles. The van der Waals surface area contributed by atoms with Crippen LogP contribution in [0.4, 0.5) is 5.95 Å². The van der Waals surface area contributed by atoms with Crippen LogP contribution in [0, 0.1) is 5.92 Å². The Morgan fingerprint density at radius 1 is 1.30 bits per heavy atom. The molecule has 2 rings (SSSR count). The van der Waals surface area contributed by atoms with Gasteiger partial charge in [-0.15, -0.1) is 5.10 Å². The molecule has 2 aromatic rings. The highest BCUT2D eigenvalue weighted by Gasteiger charge is 2.13. The van der Waals surface area contributed by atoms with Crippen molar-refractivity contribution in [3.05, 3.63) is 42.2 Å². The van der Waals surface area contributed by atoms with Crippen molar-refractivity contribution in [2.75, 3.05) is 11.9 Å². The molecule has 1 heterocycles. The van der Waals surface area contributed by atoms with Crippen LogP contribution >= 0.6 is 0 Å². The van der Waals surface area contributed by atoms with Crippen molar-refractivity contribution < 1.29 is 9.59 Å². The number of hydrogen-bond acceptors (Lipinski definition) is 5. The fraction of sp³-hybridized carbons (Fsp3) is 0.333. The maximum atomic E-state index is 11.9. The zero-order chi connectivity index (χ0) is 16.7. The van der Waals surface area contributed by atoms with E-state index in [1.165, 1.54) is 11.0 Å². The number of aromatic nitrogens is 3. The van der Waals surface area contributed by atoms with E-state index in [2.05, 4.69) is 20.7 Å². The summed E-state index contributed by atoms with van der Waals surface area (Å²) in [4.78, 5) is 27.5. The van der Waals surface area contributed by atoms with Crippen molar-refractivity contribution in [1.82, 2.24) is 20.1 Å². The van der Waals surface area contributed by atoms with Crippen molar-refractivity contribution >= 4 is 17.8 Å². The van der Waals surface area contributed by atoms with Gasteiger partial charge in [-0.2, -0.15) is 0 Å². The van der Waals surface area contributed by atoms with E-state index in [4.69, 9.17) is 5.73 Å². The molecular formula is C15H20N6O2. The van der Waals surface area contributed by atoms with Crippen LogP contribution in [0.5, 0.6) is 0 Å². The summed E-state index contributed by atoms with van der Waals surface area (Å²) >= 11 is 0.